The van der Waals surface area contributed by atoms with Gasteiger partial charge in [0.2, 0.25) is 11.8 Å². The molecule has 5 rings (SSSR count). The predicted octanol–water partition coefficient (Wildman–Crippen LogP) is 2.83. The van der Waals surface area contributed by atoms with Crippen LogP contribution < -0.4 is 10.2 Å². The number of halogens is 2. The third-order valence-electron chi connectivity index (χ3n) is 5.72. The van der Waals surface area contributed by atoms with Crippen molar-refractivity contribution in [2.24, 2.45) is 11.8 Å². The lowest BCUT2D eigenvalue weighted by Gasteiger charge is -2.35. The van der Waals surface area contributed by atoms with Crippen molar-refractivity contribution in [3.05, 3.63) is 70.5 Å². The summed E-state index contributed by atoms with van der Waals surface area (Å²) >= 11 is 6.23. The topological polar surface area (TPSA) is 66.5 Å². The second-order valence-electron chi connectivity index (χ2n) is 7.15. The van der Waals surface area contributed by atoms with Gasteiger partial charge in [0.15, 0.2) is 5.78 Å². The van der Waals surface area contributed by atoms with E-state index in [9.17, 15) is 18.8 Å². The van der Waals surface area contributed by atoms with Crippen LogP contribution in [-0.2, 0) is 9.59 Å². The highest BCUT2D eigenvalue weighted by Crippen LogP contribution is 2.47. The lowest BCUT2D eigenvalue weighted by molar-refractivity contribution is -0.126. The highest BCUT2D eigenvalue weighted by molar-refractivity contribution is 6.34. The van der Waals surface area contributed by atoms with Crippen LogP contribution in [0.25, 0.3) is 6.08 Å². The van der Waals surface area contributed by atoms with Crippen LogP contribution in [0.3, 0.4) is 0 Å². The van der Waals surface area contributed by atoms with Crippen LogP contribution in [0.15, 0.2) is 48.5 Å². The van der Waals surface area contributed by atoms with Gasteiger partial charge in [-0.2, -0.15) is 0 Å². The summed E-state index contributed by atoms with van der Waals surface area (Å²) in [6.07, 6.45) is 3.49. The summed E-state index contributed by atoms with van der Waals surface area (Å²) < 4.78 is 13.7. The molecule has 3 aliphatic heterocycles. The SMILES string of the molecule is O=C1NC(=O)C2C1C1C=Cc3cc(F)ccc3N1C2C(=O)c1ccccc1Cl. The molecule has 2 aromatic carbocycles. The Morgan fingerprint density at radius 3 is 2.61 bits per heavy atom. The zero-order chi connectivity index (χ0) is 19.6. The van der Waals surface area contributed by atoms with Crippen LogP contribution in [-0.4, -0.2) is 29.7 Å². The molecule has 0 aromatic heterocycles. The molecule has 2 amide bonds. The summed E-state index contributed by atoms with van der Waals surface area (Å²) in [5.74, 6) is -3.11. The number of imide groups is 1. The van der Waals surface area contributed by atoms with E-state index in [0.29, 0.717) is 16.8 Å². The minimum atomic E-state index is -0.907. The zero-order valence-electron chi connectivity index (χ0n) is 14.4. The number of nitrogens with one attached hydrogen (secondary N) is 1. The number of anilines is 1. The summed E-state index contributed by atoms with van der Waals surface area (Å²) in [4.78, 5) is 40.3. The molecule has 140 valence electrons. The van der Waals surface area contributed by atoms with Gasteiger partial charge in [0.05, 0.1) is 22.9 Å². The fraction of sp³-hybridized carbons (Fsp3) is 0.190. The Bertz CT molecular complexity index is 1080. The van der Waals surface area contributed by atoms with Gasteiger partial charge in [-0.3, -0.25) is 19.7 Å². The predicted molar refractivity (Wildman–Crippen MR) is 101 cm³/mol. The van der Waals surface area contributed by atoms with Gasteiger partial charge in [-0.25, -0.2) is 4.39 Å². The van der Waals surface area contributed by atoms with Crippen LogP contribution in [0.1, 0.15) is 15.9 Å². The van der Waals surface area contributed by atoms with Gasteiger partial charge in [-0.05, 0) is 30.3 Å². The first kappa shape index (κ1) is 17.1. The Hall–Kier alpha value is -2.99. The van der Waals surface area contributed by atoms with Crippen molar-refractivity contribution in [2.45, 2.75) is 12.1 Å². The third kappa shape index (κ3) is 2.27. The molecular formula is C21H14ClFN2O3. The molecular weight excluding hydrogens is 383 g/mol. The Morgan fingerprint density at radius 1 is 1.07 bits per heavy atom. The summed E-state index contributed by atoms with van der Waals surface area (Å²) in [6, 6.07) is 9.51. The average molecular weight is 397 g/mol. The summed E-state index contributed by atoms with van der Waals surface area (Å²) in [6.45, 7) is 0. The van der Waals surface area contributed by atoms with Crippen LogP contribution in [0.4, 0.5) is 10.1 Å². The lowest BCUT2D eigenvalue weighted by atomic mass is 9.86. The fourth-order valence-corrected chi connectivity index (χ4v) is 4.81. The molecule has 2 aromatic rings. The number of nitrogens with zero attached hydrogens (tertiary/aromatic N) is 1. The number of carbonyl (C=O) groups is 3. The molecule has 0 bridgehead atoms. The van der Waals surface area contributed by atoms with Crippen molar-refractivity contribution in [1.29, 1.82) is 0 Å². The van der Waals surface area contributed by atoms with Gasteiger partial charge >= 0.3 is 0 Å². The van der Waals surface area contributed by atoms with Gasteiger partial charge in [-0.1, -0.05) is 35.9 Å². The monoisotopic (exact) mass is 396 g/mol. The number of rotatable bonds is 2. The molecule has 3 aliphatic rings. The Morgan fingerprint density at radius 2 is 1.82 bits per heavy atom. The third-order valence-corrected chi connectivity index (χ3v) is 6.05. The molecule has 0 spiro atoms. The maximum atomic E-state index is 13.7. The first-order valence-corrected chi connectivity index (χ1v) is 9.25. The first-order valence-electron chi connectivity index (χ1n) is 8.87. The van der Waals surface area contributed by atoms with Crippen LogP contribution in [0, 0.1) is 17.7 Å². The number of benzene rings is 2. The molecule has 3 heterocycles. The molecule has 4 unspecified atom stereocenters. The quantitative estimate of drug-likeness (QED) is 0.626. The van der Waals surface area contributed by atoms with Crippen LogP contribution >= 0.6 is 11.6 Å². The van der Waals surface area contributed by atoms with E-state index in [1.165, 1.54) is 12.1 Å². The number of Topliss-reactive ketones (excluding diaryl/α,β-unsaturated/α-hetero) is 1. The average Bonchev–Trinajstić information content (AvgIpc) is 3.17. The van der Waals surface area contributed by atoms with Crippen molar-refractivity contribution in [3.63, 3.8) is 0 Å². The molecule has 0 saturated carbocycles. The normalized spacial score (nSPS) is 27.3. The maximum absolute atomic E-state index is 13.7. The fourth-order valence-electron chi connectivity index (χ4n) is 4.58. The summed E-state index contributed by atoms with van der Waals surface area (Å²) in [5, 5.41) is 2.63. The Kier molecular flexibility index (Phi) is 3.67. The van der Waals surface area contributed by atoms with Crippen molar-refractivity contribution < 1.29 is 18.8 Å². The lowest BCUT2D eigenvalue weighted by Crippen LogP contribution is -2.47. The molecule has 0 aliphatic carbocycles. The van der Waals surface area contributed by atoms with Crippen molar-refractivity contribution >= 4 is 41.0 Å². The van der Waals surface area contributed by atoms with Crippen molar-refractivity contribution in [1.82, 2.24) is 5.32 Å². The first-order chi connectivity index (χ1) is 13.5. The molecule has 2 fully saturated rings. The molecule has 1 N–H and O–H groups in total. The smallest absolute Gasteiger partial charge is 0.233 e. The van der Waals surface area contributed by atoms with Gasteiger partial charge in [-0.15, -0.1) is 0 Å². The summed E-state index contributed by atoms with van der Waals surface area (Å²) in [5.41, 5.74) is 1.51. The van der Waals surface area contributed by atoms with Crippen LogP contribution in [0.5, 0.6) is 0 Å². The van der Waals surface area contributed by atoms with E-state index in [0.717, 1.165) is 0 Å². The molecule has 28 heavy (non-hydrogen) atoms. The van der Waals surface area contributed by atoms with Gasteiger partial charge in [0.25, 0.3) is 0 Å². The highest BCUT2D eigenvalue weighted by Gasteiger charge is 2.61. The molecule has 2 saturated heterocycles. The van der Waals surface area contributed by atoms with Crippen molar-refractivity contribution in [3.8, 4) is 0 Å². The number of carbonyl (C=O) groups excluding carboxylic acids is 3. The second kappa shape index (κ2) is 6.01. The van der Waals surface area contributed by atoms with E-state index in [4.69, 9.17) is 11.6 Å². The van der Waals surface area contributed by atoms with Gasteiger partial charge in [0, 0.05) is 16.8 Å². The summed E-state index contributed by atoms with van der Waals surface area (Å²) in [7, 11) is 0. The Balaban J connectivity index is 1.69. The highest BCUT2D eigenvalue weighted by atomic mass is 35.5. The largest absolute Gasteiger partial charge is 0.352 e. The minimum absolute atomic E-state index is 0.282. The zero-order valence-corrected chi connectivity index (χ0v) is 15.2. The second-order valence-corrected chi connectivity index (χ2v) is 7.56. The van der Waals surface area contributed by atoms with E-state index in [-0.39, 0.29) is 10.8 Å². The number of ketones is 1. The molecule has 7 heteroatoms. The van der Waals surface area contributed by atoms with Crippen LogP contribution in [0.2, 0.25) is 5.02 Å². The van der Waals surface area contributed by atoms with E-state index >= 15 is 0 Å². The van der Waals surface area contributed by atoms with Crippen molar-refractivity contribution in [2.75, 3.05) is 4.90 Å². The minimum Gasteiger partial charge on any atom is -0.352 e. The van der Waals surface area contributed by atoms with E-state index in [1.54, 1.807) is 47.4 Å². The standard InChI is InChI=1S/C21H14ClFN2O3/c22-13-4-2-1-3-12(13)19(26)18-17-16(20(27)24-21(17)28)15-7-5-10-9-11(23)6-8-14(10)25(15)18/h1-9,15-18H,(H,24,27,28). The maximum Gasteiger partial charge on any atom is 0.233 e. The molecule has 4 atom stereocenters. The number of fused-ring (bicyclic) bond motifs is 5. The number of amides is 2. The Labute approximate surface area is 164 Å². The van der Waals surface area contributed by atoms with Gasteiger partial charge < -0.3 is 4.90 Å². The van der Waals surface area contributed by atoms with Gasteiger partial charge in [0.1, 0.15) is 11.9 Å². The van der Waals surface area contributed by atoms with E-state index < -0.39 is 41.6 Å². The number of hydrogen-bond acceptors (Lipinski definition) is 4. The van der Waals surface area contributed by atoms with E-state index in [2.05, 4.69) is 5.32 Å². The molecule has 0 radical (unpaired) electrons. The van der Waals surface area contributed by atoms with E-state index in [1.807, 2.05) is 0 Å². The number of hydrogen-bond donors (Lipinski definition) is 1. The molecule has 5 nitrogen and oxygen atoms in total.